The molecule has 10 nitrogen and oxygen atoms in total. The summed E-state index contributed by atoms with van der Waals surface area (Å²) >= 11 is 0. The van der Waals surface area contributed by atoms with Crippen molar-refractivity contribution in [2.24, 2.45) is 0 Å². The molecule has 0 aromatic carbocycles. The Morgan fingerprint density at radius 1 is 0.875 bits per heavy atom. The van der Waals surface area contributed by atoms with Crippen LogP contribution in [0, 0.1) is 0 Å². The maximum Gasteiger partial charge on any atom is 0.333 e. The second-order valence-electron chi connectivity index (χ2n) is 8.61. The first kappa shape index (κ1) is 25.8. The maximum atomic E-state index is 12.2. The van der Waals surface area contributed by atoms with Crippen LogP contribution in [-0.2, 0) is 28.8 Å². The molecule has 4 amide bonds. The van der Waals surface area contributed by atoms with E-state index in [1.165, 1.54) is 6.42 Å². The molecule has 10 heteroatoms. The molecule has 2 aliphatic rings. The number of hydrogen-bond acceptors (Lipinski definition) is 7. The third-order valence-corrected chi connectivity index (χ3v) is 5.96. The summed E-state index contributed by atoms with van der Waals surface area (Å²) in [5, 5.41) is 6.16. The van der Waals surface area contributed by atoms with Crippen molar-refractivity contribution >= 4 is 29.6 Å². The van der Waals surface area contributed by atoms with Crippen LogP contribution in [0.3, 0.4) is 0 Å². The summed E-state index contributed by atoms with van der Waals surface area (Å²) in [6, 6.07) is 0.805. The topological polar surface area (TPSA) is 125 Å². The molecular weight excluding hydrogens is 416 g/mol. The highest BCUT2D eigenvalue weighted by Gasteiger charge is 2.32. The average Bonchev–Trinajstić information content (AvgIpc) is 3.05. The highest BCUT2D eigenvalue weighted by Crippen LogP contribution is 2.21. The van der Waals surface area contributed by atoms with E-state index in [-0.39, 0.29) is 37.5 Å². The number of carbonyl (C=O) groups excluding carboxylic acids is 5. The molecule has 0 saturated carbocycles. The number of nitrogens with zero attached hydrogens (tertiary/aromatic N) is 2. The van der Waals surface area contributed by atoms with E-state index in [1.54, 1.807) is 0 Å². The minimum absolute atomic E-state index is 0.0531. The predicted molar refractivity (Wildman–Crippen MR) is 116 cm³/mol. The number of likely N-dealkylation sites (tertiary alicyclic amines) is 1. The summed E-state index contributed by atoms with van der Waals surface area (Å²) in [4.78, 5) is 65.5. The first-order valence-corrected chi connectivity index (χ1v) is 11.6. The summed E-state index contributed by atoms with van der Waals surface area (Å²) in [6.45, 7) is 5.45. The SMILES string of the molecule is C[C@@H]1CCC[C@H](C)N1CC(=O)NCCC(=O)NCCCCCC(=O)ON1C(=O)CCC1=O. The molecule has 2 N–H and O–H groups in total. The van der Waals surface area contributed by atoms with E-state index in [9.17, 15) is 24.0 Å². The van der Waals surface area contributed by atoms with Crippen molar-refractivity contribution in [1.29, 1.82) is 0 Å². The molecule has 2 saturated heterocycles. The van der Waals surface area contributed by atoms with Gasteiger partial charge in [-0.2, -0.15) is 0 Å². The number of hydrogen-bond donors (Lipinski definition) is 2. The Bertz CT molecular complexity index is 672. The summed E-state index contributed by atoms with van der Waals surface area (Å²) < 4.78 is 0. The van der Waals surface area contributed by atoms with E-state index in [4.69, 9.17) is 4.84 Å². The van der Waals surface area contributed by atoms with E-state index in [1.807, 2.05) is 0 Å². The van der Waals surface area contributed by atoms with Gasteiger partial charge in [0.05, 0.1) is 6.54 Å². The molecule has 0 aromatic heterocycles. The van der Waals surface area contributed by atoms with Gasteiger partial charge in [-0.15, -0.1) is 5.06 Å². The van der Waals surface area contributed by atoms with Gasteiger partial charge < -0.3 is 15.5 Å². The molecule has 0 radical (unpaired) electrons. The van der Waals surface area contributed by atoms with Gasteiger partial charge in [0.15, 0.2) is 0 Å². The van der Waals surface area contributed by atoms with Crippen molar-refractivity contribution in [2.45, 2.75) is 90.1 Å². The lowest BCUT2D eigenvalue weighted by Gasteiger charge is -2.38. The van der Waals surface area contributed by atoms with Crippen LogP contribution < -0.4 is 10.6 Å². The summed E-state index contributed by atoms with van der Waals surface area (Å²) in [6.07, 6.45) is 5.82. The van der Waals surface area contributed by atoms with Crippen molar-refractivity contribution < 1.29 is 28.8 Å². The molecule has 0 aliphatic carbocycles. The van der Waals surface area contributed by atoms with Crippen LogP contribution in [-0.4, -0.2) is 71.3 Å². The standard InChI is InChI=1S/C22H36N4O6/c1-16-7-6-8-17(2)25(16)15-19(28)24-14-12-18(27)23-13-5-3-4-9-22(31)32-26-20(29)10-11-21(26)30/h16-17H,3-15H2,1-2H3,(H,23,27)(H,24,28)/t16-,17+. The summed E-state index contributed by atoms with van der Waals surface area (Å²) in [5.41, 5.74) is 0. The van der Waals surface area contributed by atoms with Crippen LogP contribution in [0.5, 0.6) is 0 Å². The zero-order valence-electron chi connectivity index (χ0n) is 19.2. The number of unbranched alkanes of at least 4 members (excludes halogenated alkanes) is 2. The molecular formula is C22H36N4O6. The quantitative estimate of drug-likeness (QED) is 0.335. The molecule has 0 bridgehead atoms. The molecule has 32 heavy (non-hydrogen) atoms. The Labute approximate surface area is 189 Å². The van der Waals surface area contributed by atoms with Gasteiger partial charge >= 0.3 is 5.97 Å². The van der Waals surface area contributed by atoms with Crippen molar-refractivity contribution in [3.8, 4) is 0 Å². The minimum Gasteiger partial charge on any atom is -0.356 e. The molecule has 0 spiro atoms. The Morgan fingerprint density at radius 3 is 2.16 bits per heavy atom. The van der Waals surface area contributed by atoms with E-state index in [0.29, 0.717) is 56.0 Å². The van der Waals surface area contributed by atoms with Gasteiger partial charge in [-0.25, -0.2) is 4.79 Å². The fraction of sp³-hybridized carbons (Fsp3) is 0.773. The Hall–Kier alpha value is -2.49. The second kappa shape index (κ2) is 13.1. The number of amides is 4. The van der Waals surface area contributed by atoms with Gasteiger partial charge in [-0.3, -0.25) is 24.1 Å². The van der Waals surface area contributed by atoms with Crippen LogP contribution in [0.25, 0.3) is 0 Å². The average molecular weight is 453 g/mol. The Kier molecular flexibility index (Phi) is 10.6. The number of carbonyl (C=O) groups is 5. The van der Waals surface area contributed by atoms with E-state index in [0.717, 1.165) is 12.8 Å². The van der Waals surface area contributed by atoms with Crippen molar-refractivity contribution in [3.63, 3.8) is 0 Å². The molecule has 2 heterocycles. The van der Waals surface area contributed by atoms with Gasteiger partial charge in [0.25, 0.3) is 11.8 Å². The lowest BCUT2D eigenvalue weighted by molar-refractivity contribution is -0.197. The molecule has 2 atom stereocenters. The molecule has 2 rings (SSSR count). The largest absolute Gasteiger partial charge is 0.356 e. The number of rotatable bonds is 12. The number of piperidine rings is 1. The molecule has 180 valence electrons. The van der Waals surface area contributed by atoms with Crippen LogP contribution in [0.2, 0.25) is 0 Å². The predicted octanol–water partition coefficient (Wildman–Crippen LogP) is 1.04. The monoisotopic (exact) mass is 452 g/mol. The minimum atomic E-state index is -0.610. The first-order chi connectivity index (χ1) is 15.3. The van der Waals surface area contributed by atoms with E-state index >= 15 is 0 Å². The van der Waals surface area contributed by atoms with Crippen molar-refractivity contribution in [2.75, 3.05) is 19.6 Å². The highest BCUT2D eigenvalue weighted by molar-refractivity contribution is 6.01. The molecule has 0 aromatic rings. The van der Waals surface area contributed by atoms with Crippen molar-refractivity contribution in [1.82, 2.24) is 20.6 Å². The first-order valence-electron chi connectivity index (χ1n) is 11.6. The molecule has 2 aliphatic heterocycles. The molecule has 2 fully saturated rings. The zero-order valence-corrected chi connectivity index (χ0v) is 19.2. The maximum absolute atomic E-state index is 12.2. The van der Waals surface area contributed by atoms with E-state index in [2.05, 4.69) is 29.4 Å². The summed E-state index contributed by atoms with van der Waals surface area (Å²) in [7, 11) is 0. The number of hydroxylamine groups is 2. The molecule has 0 unspecified atom stereocenters. The third-order valence-electron chi connectivity index (χ3n) is 5.96. The zero-order chi connectivity index (χ0) is 23.5. The van der Waals surface area contributed by atoms with Crippen LogP contribution in [0.4, 0.5) is 0 Å². The summed E-state index contributed by atoms with van der Waals surface area (Å²) in [5.74, 6) is -1.77. The van der Waals surface area contributed by atoms with Crippen LogP contribution >= 0.6 is 0 Å². The van der Waals surface area contributed by atoms with Crippen LogP contribution in [0.15, 0.2) is 0 Å². The van der Waals surface area contributed by atoms with Crippen molar-refractivity contribution in [3.05, 3.63) is 0 Å². The fourth-order valence-electron chi connectivity index (χ4n) is 4.02. The lowest BCUT2D eigenvalue weighted by atomic mass is 9.97. The Balaban J connectivity index is 1.46. The third kappa shape index (κ3) is 8.57. The lowest BCUT2D eigenvalue weighted by Crippen LogP contribution is -2.49. The normalized spacial score (nSPS) is 21.5. The van der Waals surface area contributed by atoms with Crippen LogP contribution in [0.1, 0.15) is 78.1 Å². The van der Waals surface area contributed by atoms with Gasteiger partial charge in [0.2, 0.25) is 11.8 Å². The van der Waals surface area contributed by atoms with Gasteiger partial charge in [0.1, 0.15) is 0 Å². The highest BCUT2D eigenvalue weighted by atomic mass is 16.7. The smallest absolute Gasteiger partial charge is 0.333 e. The fourth-order valence-corrected chi connectivity index (χ4v) is 4.02. The second-order valence-corrected chi connectivity index (χ2v) is 8.61. The van der Waals surface area contributed by atoms with Gasteiger partial charge in [-0.05, 0) is 39.5 Å². The van der Waals surface area contributed by atoms with E-state index < -0.39 is 17.8 Å². The number of imide groups is 1. The Morgan fingerprint density at radius 2 is 1.50 bits per heavy atom. The van der Waals surface area contributed by atoms with Gasteiger partial charge in [-0.1, -0.05) is 12.8 Å². The van der Waals surface area contributed by atoms with Gasteiger partial charge in [0, 0.05) is 50.9 Å². The number of nitrogens with one attached hydrogen (secondary N) is 2.